The quantitative estimate of drug-likeness (QED) is 0.494. The minimum atomic E-state index is -0.222. The fourth-order valence-corrected chi connectivity index (χ4v) is 4.62. The molecule has 2 aromatic carbocycles. The van der Waals surface area contributed by atoms with Crippen molar-refractivity contribution in [2.75, 3.05) is 5.75 Å². The molecule has 0 aliphatic heterocycles. The van der Waals surface area contributed by atoms with Crippen LogP contribution in [0.2, 0.25) is 5.02 Å². The Bertz CT molecular complexity index is 1030. The lowest BCUT2D eigenvalue weighted by Gasteiger charge is -2.20. The first-order valence-corrected chi connectivity index (χ1v) is 11.7. The van der Waals surface area contributed by atoms with Crippen LogP contribution in [0.4, 0.5) is 0 Å². The molecule has 1 amide bonds. The summed E-state index contributed by atoms with van der Waals surface area (Å²) in [5.74, 6) is 1.96. The van der Waals surface area contributed by atoms with E-state index < -0.39 is 0 Å². The number of aromatic nitrogens is 3. The maximum Gasteiger partial charge on any atom is 0.231 e. The van der Waals surface area contributed by atoms with Crippen molar-refractivity contribution in [1.29, 1.82) is 0 Å². The van der Waals surface area contributed by atoms with Crippen molar-refractivity contribution in [3.63, 3.8) is 0 Å². The van der Waals surface area contributed by atoms with E-state index in [4.69, 9.17) is 11.6 Å². The predicted octanol–water partition coefficient (Wildman–Crippen LogP) is 5.14. The van der Waals surface area contributed by atoms with Gasteiger partial charge in [-0.3, -0.25) is 4.79 Å². The summed E-state index contributed by atoms with van der Waals surface area (Å²) in [6, 6.07) is 17.9. The SMILES string of the molecule is O=C(CSc1nnc(C2CC2)n1C1CC1)N[C@@H](c1ccccc1)c1ccc(Cl)cc1. The van der Waals surface area contributed by atoms with Crippen molar-refractivity contribution in [2.45, 2.75) is 48.8 Å². The van der Waals surface area contributed by atoms with Gasteiger partial charge in [-0.05, 0) is 48.9 Å². The van der Waals surface area contributed by atoms with Crippen LogP contribution in [0.15, 0.2) is 59.8 Å². The van der Waals surface area contributed by atoms with E-state index in [2.05, 4.69) is 20.1 Å². The third-order valence-electron chi connectivity index (χ3n) is 5.52. The summed E-state index contributed by atoms with van der Waals surface area (Å²) in [4.78, 5) is 12.9. The Morgan fingerprint density at radius 1 is 1.03 bits per heavy atom. The zero-order valence-corrected chi connectivity index (χ0v) is 18.1. The second-order valence-corrected chi connectivity index (χ2v) is 9.35. The lowest BCUT2D eigenvalue weighted by atomic mass is 9.99. The summed E-state index contributed by atoms with van der Waals surface area (Å²) in [6.45, 7) is 0. The molecule has 3 aromatic rings. The van der Waals surface area contributed by atoms with Gasteiger partial charge < -0.3 is 9.88 Å². The molecular weight excluding hydrogens is 416 g/mol. The van der Waals surface area contributed by atoms with Crippen molar-refractivity contribution in [1.82, 2.24) is 20.1 Å². The molecule has 154 valence electrons. The number of amides is 1. The van der Waals surface area contributed by atoms with Crippen molar-refractivity contribution < 1.29 is 4.79 Å². The number of carbonyl (C=O) groups excluding carboxylic acids is 1. The molecule has 2 aliphatic carbocycles. The average molecular weight is 439 g/mol. The molecule has 0 bridgehead atoms. The van der Waals surface area contributed by atoms with Crippen molar-refractivity contribution in [3.05, 3.63) is 76.6 Å². The molecule has 0 spiro atoms. The number of nitrogens with one attached hydrogen (secondary N) is 1. The van der Waals surface area contributed by atoms with Crippen LogP contribution >= 0.6 is 23.4 Å². The maximum absolute atomic E-state index is 12.9. The summed E-state index contributed by atoms with van der Waals surface area (Å²) in [6.07, 6.45) is 4.78. The number of nitrogens with zero attached hydrogens (tertiary/aromatic N) is 3. The fourth-order valence-electron chi connectivity index (χ4n) is 3.68. The van der Waals surface area contributed by atoms with Crippen molar-refractivity contribution in [3.8, 4) is 0 Å². The minimum absolute atomic E-state index is 0.0258. The summed E-state index contributed by atoms with van der Waals surface area (Å²) in [7, 11) is 0. The number of thioether (sulfide) groups is 1. The molecule has 30 heavy (non-hydrogen) atoms. The lowest BCUT2D eigenvalue weighted by molar-refractivity contribution is -0.119. The molecule has 0 unspecified atom stereocenters. The first kappa shape index (κ1) is 19.6. The third kappa shape index (κ3) is 4.40. The highest BCUT2D eigenvalue weighted by molar-refractivity contribution is 7.99. The number of hydrogen-bond acceptors (Lipinski definition) is 4. The van der Waals surface area contributed by atoms with Gasteiger partial charge >= 0.3 is 0 Å². The van der Waals surface area contributed by atoms with Gasteiger partial charge in [0.2, 0.25) is 5.91 Å². The number of benzene rings is 2. The molecule has 2 fully saturated rings. The predicted molar refractivity (Wildman–Crippen MR) is 119 cm³/mol. The topological polar surface area (TPSA) is 59.8 Å². The minimum Gasteiger partial charge on any atom is -0.344 e. The van der Waals surface area contributed by atoms with Crippen LogP contribution in [0, 0.1) is 0 Å². The van der Waals surface area contributed by atoms with E-state index in [0.717, 1.165) is 22.1 Å². The van der Waals surface area contributed by atoms with E-state index >= 15 is 0 Å². The number of carbonyl (C=O) groups is 1. The molecule has 5 nitrogen and oxygen atoms in total. The Balaban J connectivity index is 1.30. The summed E-state index contributed by atoms with van der Waals surface area (Å²) in [5, 5.41) is 13.6. The zero-order chi connectivity index (χ0) is 20.5. The molecule has 2 saturated carbocycles. The zero-order valence-electron chi connectivity index (χ0n) is 16.5. The molecular formula is C23H23ClN4OS. The van der Waals surface area contributed by atoms with E-state index in [9.17, 15) is 4.79 Å². The molecule has 7 heteroatoms. The van der Waals surface area contributed by atoms with Gasteiger partial charge in [-0.15, -0.1) is 10.2 Å². The number of hydrogen-bond donors (Lipinski definition) is 1. The highest BCUT2D eigenvalue weighted by atomic mass is 35.5. The molecule has 0 saturated heterocycles. The van der Waals surface area contributed by atoms with Gasteiger partial charge in [0, 0.05) is 17.0 Å². The Morgan fingerprint density at radius 2 is 1.73 bits per heavy atom. The molecule has 2 aliphatic rings. The molecule has 1 atom stereocenters. The first-order valence-electron chi connectivity index (χ1n) is 10.4. The lowest BCUT2D eigenvalue weighted by Crippen LogP contribution is -2.30. The van der Waals surface area contributed by atoms with Crippen LogP contribution in [0.3, 0.4) is 0 Å². The average Bonchev–Trinajstić information content (AvgIpc) is 3.71. The third-order valence-corrected chi connectivity index (χ3v) is 6.71. The highest BCUT2D eigenvalue weighted by Crippen LogP contribution is 2.46. The Labute approximate surface area is 185 Å². The fraction of sp³-hybridized carbons (Fsp3) is 0.348. The standard InChI is InChI=1S/C23H23ClN4OS/c24-18-10-8-16(9-11-18)21(15-4-2-1-3-5-15)25-20(29)14-30-23-27-26-22(17-6-7-17)28(23)19-12-13-19/h1-5,8-11,17,19,21H,6-7,12-14H2,(H,25,29)/t21-/m0/s1. The van der Waals surface area contributed by atoms with E-state index in [0.29, 0.717) is 22.7 Å². The molecule has 1 N–H and O–H groups in total. The molecule has 1 aromatic heterocycles. The second-order valence-electron chi connectivity index (χ2n) is 7.97. The Morgan fingerprint density at radius 3 is 2.40 bits per heavy atom. The van der Waals surface area contributed by atoms with Gasteiger partial charge in [0.15, 0.2) is 5.16 Å². The second kappa shape index (κ2) is 8.44. The van der Waals surface area contributed by atoms with Crippen LogP contribution in [0.25, 0.3) is 0 Å². The summed E-state index contributed by atoms with van der Waals surface area (Å²) in [5.41, 5.74) is 2.04. The molecule has 1 heterocycles. The highest BCUT2D eigenvalue weighted by Gasteiger charge is 2.36. The van der Waals surface area contributed by atoms with Gasteiger partial charge in [0.25, 0.3) is 0 Å². The smallest absolute Gasteiger partial charge is 0.231 e. The van der Waals surface area contributed by atoms with Gasteiger partial charge in [-0.2, -0.15) is 0 Å². The van der Waals surface area contributed by atoms with Crippen LogP contribution in [0.5, 0.6) is 0 Å². The molecule has 5 rings (SSSR count). The Kier molecular flexibility index (Phi) is 5.52. The van der Waals surface area contributed by atoms with Crippen molar-refractivity contribution in [2.24, 2.45) is 0 Å². The van der Waals surface area contributed by atoms with Crippen LogP contribution in [-0.4, -0.2) is 26.4 Å². The number of rotatable bonds is 8. The molecule has 0 radical (unpaired) electrons. The van der Waals surface area contributed by atoms with Crippen LogP contribution in [-0.2, 0) is 4.79 Å². The van der Waals surface area contributed by atoms with Gasteiger partial charge in [0.1, 0.15) is 5.82 Å². The van der Waals surface area contributed by atoms with E-state index in [1.54, 1.807) is 0 Å². The van der Waals surface area contributed by atoms with Gasteiger partial charge in [-0.1, -0.05) is 65.8 Å². The van der Waals surface area contributed by atoms with Crippen LogP contribution in [0.1, 0.15) is 60.6 Å². The Hall–Kier alpha value is -2.31. The largest absolute Gasteiger partial charge is 0.344 e. The monoisotopic (exact) mass is 438 g/mol. The summed E-state index contributed by atoms with van der Waals surface area (Å²) >= 11 is 7.53. The van der Waals surface area contributed by atoms with Gasteiger partial charge in [-0.25, -0.2) is 0 Å². The maximum atomic E-state index is 12.9. The first-order chi connectivity index (χ1) is 14.7. The van der Waals surface area contributed by atoms with Crippen molar-refractivity contribution >= 4 is 29.3 Å². The normalized spacial score (nSPS) is 17.0. The van der Waals surface area contributed by atoms with Crippen LogP contribution < -0.4 is 5.32 Å². The summed E-state index contributed by atoms with van der Waals surface area (Å²) < 4.78 is 2.28. The van der Waals surface area contributed by atoms with E-state index in [-0.39, 0.29) is 11.9 Å². The van der Waals surface area contributed by atoms with E-state index in [1.807, 2.05) is 54.6 Å². The van der Waals surface area contributed by atoms with Gasteiger partial charge in [0.05, 0.1) is 11.8 Å². The van der Waals surface area contributed by atoms with E-state index in [1.165, 1.54) is 37.4 Å². The number of halogens is 1.